The quantitative estimate of drug-likeness (QED) is 0.443. The van der Waals surface area contributed by atoms with E-state index in [0.29, 0.717) is 29.2 Å². The maximum atomic E-state index is 13.5. The molecule has 0 saturated heterocycles. The van der Waals surface area contributed by atoms with Crippen molar-refractivity contribution in [3.05, 3.63) is 83.9 Å². The highest BCUT2D eigenvalue weighted by Gasteiger charge is 2.28. The zero-order valence-electron chi connectivity index (χ0n) is 20.6. The van der Waals surface area contributed by atoms with Crippen LogP contribution in [0.2, 0.25) is 0 Å². The molecule has 0 spiro atoms. The lowest BCUT2D eigenvalue weighted by Crippen LogP contribution is -2.52. The van der Waals surface area contributed by atoms with E-state index in [1.165, 1.54) is 11.0 Å². The van der Waals surface area contributed by atoms with Gasteiger partial charge in [-0.3, -0.25) is 4.79 Å². The van der Waals surface area contributed by atoms with Crippen LogP contribution in [0, 0.1) is 0 Å². The molecule has 2 N–H and O–H groups in total. The largest absolute Gasteiger partial charge is 0.454 e. The molecule has 4 rings (SSSR count). The molecule has 0 bridgehead atoms. The van der Waals surface area contributed by atoms with Gasteiger partial charge in [0.15, 0.2) is 11.5 Å². The molecule has 0 radical (unpaired) electrons. The molecule has 10 heteroatoms. The number of sulfonamides is 1. The minimum atomic E-state index is -4.15. The molecule has 0 fully saturated rings. The number of ether oxygens (including phenoxy) is 2. The Morgan fingerprint density at radius 2 is 1.68 bits per heavy atom. The van der Waals surface area contributed by atoms with Gasteiger partial charge in [-0.25, -0.2) is 17.9 Å². The molecule has 3 amide bonds. The van der Waals surface area contributed by atoms with Crippen LogP contribution in [0.25, 0.3) is 0 Å². The molecule has 0 aromatic heterocycles. The highest BCUT2D eigenvalue weighted by molar-refractivity contribution is 7.90. The number of anilines is 1. The summed E-state index contributed by atoms with van der Waals surface area (Å²) in [6.07, 6.45) is 1.46. The second-order valence-corrected chi connectivity index (χ2v) is 10.3. The number of amides is 3. The number of aryl methyl sites for hydroxylation is 1. The molecule has 3 aromatic carbocycles. The molecule has 1 heterocycles. The third kappa shape index (κ3) is 6.21. The Morgan fingerprint density at radius 3 is 2.43 bits per heavy atom. The molecule has 0 saturated carbocycles. The molecule has 1 aliphatic rings. The number of urea groups is 1. The van der Waals surface area contributed by atoms with Crippen molar-refractivity contribution >= 4 is 27.6 Å². The maximum Gasteiger partial charge on any atom is 0.329 e. The number of likely N-dealkylation sites (N-methyl/N-ethyl adjacent to an activating group) is 1. The number of carbonyl (C=O) groups excluding carboxylic acids is 2. The fourth-order valence-corrected chi connectivity index (χ4v) is 5.30. The van der Waals surface area contributed by atoms with Crippen LogP contribution in [-0.4, -0.2) is 40.2 Å². The Hall–Kier alpha value is -4.05. The van der Waals surface area contributed by atoms with Gasteiger partial charge in [-0.15, -0.1) is 0 Å². The lowest BCUT2D eigenvalue weighted by Gasteiger charge is -2.25. The van der Waals surface area contributed by atoms with Crippen LogP contribution >= 0.6 is 0 Å². The first-order chi connectivity index (χ1) is 17.8. The van der Waals surface area contributed by atoms with Crippen molar-refractivity contribution in [1.29, 1.82) is 0 Å². The summed E-state index contributed by atoms with van der Waals surface area (Å²) in [5.74, 6) is 0.664. The topological polar surface area (TPSA) is 114 Å². The summed E-state index contributed by atoms with van der Waals surface area (Å²) in [6.45, 7) is 2.05. The molecule has 1 aliphatic heterocycles. The number of carbonyl (C=O) groups is 2. The average Bonchev–Trinajstić information content (AvgIpc) is 3.36. The Bertz CT molecular complexity index is 1380. The molecule has 1 atom stereocenters. The second-order valence-electron chi connectivity index (χ2n) is 8.61. The first kappa shape index (κ1) is 26.0. The summed E-state index contributed by atoms with van der Waals surface area (Å²) in [6, 6.07) is 18.8. The Morgan fingerprint density at radius 1 is 0.973 bits per heavy atom. The van der Waals surface area contributed by atoms with Crippen molar-refractivity contribution in [2.45, 2.75) is 37.1 Å². The fourth-order valence-electron chi connectivity index (χ4n) is 4.11. The number of rotatable bonds is 9. The average molecular weight is 524 g/mol. The second kappa shape index (κ2) is 11.3. The molecule has 37 heavy (non-hydrogen) atoms. The zero-order valence-corrected chi connectivity index (χ0v) is 21.5. The van der Waals surface area contributed by atoms with Crippen LogP contribution in [0.4, 0.5) is 10.5 Å². The molecule has 194 valence electrons. The summed E-state index contributed by atoms with van der Waals surface area (Å²) in [7, 11) is -2.57. The van der Waals surface area contributed by atoms with E-state index in [0.717, 1.165) is 12.0 Å². The van der Waals surface area contributed by atoms with Crippen LogP contribution in [-0.2, 0) is 27.7 Å². The molecular weight excluding hydrogens is 494 g/mol. The van der Waals surface area contributed by atoms with Crippen LogP contribution in [0.3, 0.4) is 0 Å². The minimum absolute atomic E-state index is 0.0374. The van der Waals surface area contributed by atoms with Gasteiger partial charge in [0, 0.05) is 25.2 Å². The van der Waals surface area contributed by atoms with E-state index in [9.17, 15) is 18.0 Å². The molecular formula is C27H29N3O6S. The number of fused-ring (bicyclic) bond motifs is 1. The normalized spacial score (nSPS) is 13.0. The monoisotopic (exact) mass is 523 g/mol. The van der Waals surface area contributed by atoms with Crippen LogP contribution in [0.15, 0.2) is 77.7 Å². The number of benzene rings is 3. The van der Waals surface area contributed by atoms with Gasteiger partial charge in [0.1, 0.15) is 6.04 Å². The van der Waals surface area contributed by atoms with Crippen molar-refractivity contribution in [3.8, 4) is 11.5 Å². The fraction of sp³-hybridized carbons (Fsp3) is 0.259. The summed E-state index contributed by atoms with van der Waals surface area (Å²) in [5, 5.41) is 2.57. The number of hydrogen-bond acceptors (Lipinski definition) is 6. The summed E-state index contributed by atoms with van der Waals surface area (Å²) >= 11 is 0. The van der Waals surface area contributed by atoms with Gasteiger partial charge in [0.25, 0.3) is 10.0 Å². The van der Waals surface area contributed by atoms with Crippen molar-refractivity contribution in [2.75, 3.05) is 18.7 Å². The van der Waals surface area contributed by atoms with Crippen molar-refractivity contribution in [2.24, 2.45) is 0 Å². The summed E-state index contributed by atoms with van der Waals surface area (Å²) in [5.41, 5.74) is 1.96. The van der Waals surface area contributed by atoms with E-state index in [1.807, 2.05) is 37.3 Å². The Kier molecular flexibility index (Phi) is 7.98. The highest BCUT2D eigenvalue weighted by atomic mass is 32.2. The van der Waals surface area contributed by atoms with E-state index in [2.05, 4.69) is 10.0 Å². The van der Waals surface area contributed by atoms with Gasteiger partial charge < -0.3 is 19.7 Å². The van der Waals surface area contributed by atoms with Gasteiger partial charge in [-0.1, -0.05) is 61.9 Å². The SMILES string of the molecule is CCCc1ccccc1S(=O)(=O)NC(=O)N[C@@H](Cc1ccccc1)C(=O)N(C)c1ccc2c(c1)OCO2. The minimum Gasteiger partial charge on any atom is -0.454 e. The third-order valence-electron chi connectivity index (χ3n) is 5.97. The van der Waals surface area contributed by atoms with Crippen molar-refractivity contribution in [3.63, 3.8) is 0 Å². The van der Waals surface area contributed by atoms with Gasteiger partial charge >= 0.3 is 6.03 Å². The van der Waals surface area contributed by atoms with Gasteiger partial charge in [-0.05, 0) is 35.7 Å². The van der Waals surface area contributed by atoms with E-state index < -0.39 is 28.0 Å². The lowest BCUT2D eigenvalue weighted by atomic mass is 10.0. The van der Waals surface area contributed by atoms with Gasteiger partial charge in [0.05, 0.1) is 4.90 Å². The lowest BCUT2D eigenvalue weighted by molar-refractivity contribution is -0.120. The van der Waals surface area contributed by atoms with Crippen LogP contribution in [0.1, 0.15) is 24.5 Å². The van der Waals surface area contributed by atoms with Gasteiger partial charge in [0.2, 0.25) is 12.7 Å². The zero-order chi connectivity index (χ0) is 26.4. The Labute approximate surface area is 216 Å². The van der Waals surface area contributed by atoms with Crippen LogP contribution < -0.4 is 24.4 Å². The van der Waals surface area contributed by atoms with Crippen LogP contribution in [0.5, 0.6) is 11.5 Å². The van der Waals surface area contributed by atoms with Gasteiger partial charge in [-0.2, -0.15) is 0 Å². The Balaban J connectivity index is 1.55. The molecule has 0 unspecified atom stereocenters. The smallest absolute Gasteiger partial charge is 0.329 e. The third-order valence-corrected chi connectivity index (χ3v) is 7.40. The number of hydrogen-bond donors (Lipinski definition) is 2. The molecule has 0 aliphatic carbocycles. The first-order valence-electron chi connectivity index (χ1n) is 11.9. The summed E-state index contributed by atoms with van der Waals surface area (Å²) in [4.78, 5) is 27.9. The standard InChI is InChI=1S/C27H29N3O6S/c1-3-9-20-12-7-8-13-25(20)37(33,34)29-27(32)28-22(16-19-10-5-4-6-11-19)26(31)30(2)21-14-15-23-24(17-21)36-18-35-23/h4-8,10-15,17,22H,3,9,16,18H2,1-2H3,(H2,28,29,32)/t22-/m0/s1. The molecule has 9 nitrogen and oxygen atoms in total. The van der Waals surface area contributed by atoms with E-state index in [1.54, 1.807) is 43.4 Å². The number of nitrogens with zero attached hydrogens (tertiary/aromatic N) is 1. The molecule has 3 aromatic rings. The van der Waals surface area contributed by atoms with E-state index in [-0.39, 0.29) is 18.1 Å². The van der Waals surface area contributed by atoms with E-state index in [4.69, 9.17) is 9.47 Å². The predicted octanol–water partition coefficient (Wildman–Crippen LogP) is 3.63. The maximum absolute atomic E-state index is 13.5. The highest BCUT2D eigenvalue weighted by Crippen LogP contribution is 2.35. The number of nitrogens with one attached hydrogen (secondary N) is 2. The first-order valence-corrected chi connectivity index (χ1v) is 13.4. The van der Waals surface area contributed by atoms with Crippen molar-refractivity contribution in [1.82, 2.24) is 10.0 Å². The van der Waals surface area contributed by atoms with E-state index >= 15 is 0 Å². The predicted molar refractivity (Wildman–Crippen MR) is 139 cm³/mol. The summed E-state index contributed by atoms with van der Waals surface area (Å²) < 4.78 is 38.8. The van der Waals surface area contributed by atoms with Crippen molar-refractivity contribution < 1.29 is 27.5 Å².